The second-order valence-electron chi connectivity index (χ2n) is 22.4. The van der Waals surface area contributed by atoms with Gasteiger partial charge in [-0.1, -0.05) is 137 Å². The highest BCUT2D eigenvalue weighted by atomic mass is 32.1. The van der Waals surface area contributed by atoms with E-state index in [2.05, 4.69) is 195 Å². The van der Waals surface area contributed by atoms with Gasteiger partial charge < -0.3 is 4.74 Å². The first-order valence-corrected chi connectivity index (χ1v) is 23.9. The van der Waals surface area contributed by atoms with Gasteiger partial charge in [0, 0.05) is 37.4 Å². The number of anilines is 6. The van der Waals surface area contributed by atoms with E-state index < -0.39 is 0 Å². The maximum absolute atomic E-state index is 7.03. The molecule has 0 saturated carbocycles. The summed E-state index contributed by atoms with van der Waals surface area (Å²) in [5.41, 5.74) is 13.8. The number of hydrogen-bond acceptors (Lipinski definition) is 6. The fourth-order valence-electron chi connectivity index (χ4n) is 11.1. The molecule has 63 heavy (non-hydrogen) atoms. The van der Waals surface area contributed by atoms with E-state index >= 15 is 0 Å². The van der Waals surface area contributed by atoms with Gasteiger partial charge in [0.1, 0.15) is 11.6 Å². The van der Waals surface area contributed by atoms with Crippen molar-refractivity contribution in [1.29, 1.82) is 0 Å². The van der Waals surface area contributed by atoms with Crippen LogP contribution in [0.1, 0.15) is 130 Å². The molecule has 0 amide bonds. The molecular weight excluding hydrogens is 788 g/mol. The van der Waals surface area contributed by atoms with E-state index in [0.717, 1.165) is 65.2 Å². The van der Waals surface area contributed by atoms with Gasteiger partial charge in [-0.15, -0.1) is 11.3 Å². The van der Waals surface area contributed by atoms with E-state index in [1.54, 1.807) is 0 Å². The van der Waals surface area contributed by atoms with Crippen molar-refractivity contribution in [3.63, 3.8) is 0 Å². The van der Waals surface area contributed by atoms with E-state index in [1.165, 1.54) is 48.4 Å². The van der Waals surface area contributed by atoms with E-state index in [9.17, 15) is 0 Å². The number of thiophene rings is 1. The van der Waals surface area contributed by atoms with Crippen molar-refractivity contribution in [1.82, 2.24) is 9.97 Å². The third kappa shape index (κ3) is 6.23. The van der Waals surface area contributed by atoms with Crippen LogP contribution in [0, 0.1) is 0 Å². The van der Waals surface area contributed by atoms with Crippen molar-refractivity contribution in [2.45, 2.75) is 129 Å². The van der Waals surface area contributed by atoms with Crippen molar-refractivity contribution in [3.8, 4) is 11.6 Å². The average molecular weight is 847 g/mol. The van der Waals surface area contributed by atoms with E-state index in [0.29, 0.717) is 11.8 Å². The second-order valence-corrected chi connectivity index (χ2v) is 23.5. The van der Waals surface area contributed by atoms with Gasteiger partial charge in [-0.2, -0.15) is 9.97 Å². The molecule has 7 heteroatoms. The van der Waals surface area contributed by atoms with Gasteiger partial charge in [-0.3, -0.25) is 9.80 Å². The van der Waals surface area contributed by atoms with Crippen LogP contribution in [0.5, 0.6) is 11.6 Å². The van der Waals surface area contributed by atoms with Gasteiger partial charge in [0.05, 0.1) is 5.69 Å². The van der Waals surface area contributed by atoms with Gasteiger partial charge in [0.2, 0.25) is 11.8 Å². The minimum Gasteiger partial charge on any atom is -0.440 e. The van der Waals surface area contributed by atoms with Crippen LogP contribution in [-0.2, 0) is 27.1 Å². The van der Waals surface area contributed by atoms with Gasteiger partial charge in [0.25, 0.3) is 6.71 Å². The first-order chi connectivity index (χ1) is 29.8. The third-order valence-corrected chi connectivity index (χ3v) is 16.5. The summed E-state index contributed by atoms with van der Waals surface area (Å²) in [6.45, 7) is 26.1. The van der Waals surface area contributed by atoms with Crippen LogP contribution < -0.4 is 30.2 Å². The molecular formula is C56H59BN4OS. The number of nitrogens with zero attached hydrogens (tertiary/aromatic N) is 4. The molecule has 5 aromatic carbocycles. The second kappa shape index (κ2) is 13.6. The Morgan fingerprint density at radius 1 is 0.635 bits per heavy atom. The molecule has 0 radical (unpaired) electrons. The Balaban J connectivity index is 1.21. The fourth-order valence-corrected chi connectivity index (χ4v) is 12.5. The predicted molar refractivity (Wildman–Crippen MR) is 267 cm³/mol. The minimum absolute atomic E-state index is 0.0184. The summed E-state index contributed by atoms with van der Waals surface area (Å²) >= 11 is 1.90. The molecule has 318 valence electrons. The van der Waals surface area contributed by atoms with Crippen LogP contribution in [0.15, 0.2) is 109 Å². The Hall–Kier alpha value is -5.40. The van der Waals surface area contributed by atoms with Crippen LogP contribution in [0.25, 0.3) is 10.1 Å². The lowest BCUT2D eigenvalue weighted by atomic mass is 9.37. The van der Waals surface area contributed by atoms with Crippen LogP contribution >= 0.6 is 11.3 Å². The topological polar surface area (TPSA) is 41.5 Å². The lowest BCUT2D eigenvalue weighted by Crippen LogP contribution is -2.59. The van der Waals surface area contributed by atoms with Gasteiger partial charge in [-0.25, -0.2) is 0 Å². The standard InChI is InChI=1S/C56H59BN4OS/c1-52(2,3)34-21-24-38-45(31-34)63-48-47(38)61(35-17-13-12-14-18-35)49-46-50(62-44-20-16-15-19-43(44)57(46)48)59-51(58-49)60(36-22-25-39-41(32-36)55(8,9)29-27-53(39,4)5)37-23-26-40-42(33-37)56(10,11)30-28-54(40,6)7/h12-26,31-33H,27-30H2,1-11H3. The zero-order chi connectivity index (χ0) is 44.0. The summed E-state index contributed by atoms with van der Waals surface area (Å²) in [7, 11) is 0. The van der Waals surface area contributed by atoms with Crippen LogP contribution in [0.4, 0.5) is 34.5 Å². The van der Waals surface area contributed by atoms with Crippen molar-refractivity contribution < 1.29 is 4.74 Å². The quantitative estimate of drug-likeness (QED) is 0.165. The first kappa shape index (κ1) is 40.4. The molecule has 0 atom stereocenters. The van der Waals surface area contributed by atoms with Crippen LogP contribution in [0.2, 0.25) is 0 Å². The zero-order valence-electron chi connectivity index (χ0n) is 38.9. The molecule has 0 spiro atoms. The zero-order valence-corrected chi connectivity index (χ0v) is 39.7. The van der Waals surface area contributed by atoms with E-state index in [-0.39, 0.29) is 33.8 Å². The number of aromatic nitrogens is 2. The maximum atomic E-state index is 7.03. The van der Waals surface area contributed by atoms with Gasteiger partial charge >= 0.3 is 0 Å². The number of fused-ring (bicyclic) bond motifs is 8. The average Bonchev–Trinajstić information content (AvgIpc) is 3.63. The van der Waals surface area contributed by atoms with Gasteiger partial charge in [-0.05, 0) is 135 Å². The maximum Gasteiger partial charge on any atom is 0.273 e. The highest BCUT2D eigenvalue weighted by Crippen LogP contribution is 2.52. The van der Waals surface area contributed by atoms with Crippen LogP contribution in [0.3, 0.4) is 0 Å². The Labute approximate surface area is 378 Å². The molecule has 2 aromatic heterocycles. The monoisotopic (exact) mass is 846 g/mol. The SMILES string of the molecule is CC(C)(C)c1ccc2c3c(sc2c1)B1c2ccccc2Oc2nc(N(c4ccc5c(c4)C(C)(C)CCC5(C)C)c4ccc5c(c4)C(C)(C)CCC5(C)C)nc(c21)N3c1ccccc1. The molecule has 4 aliphatic rings. The third-order valence-electron chi connectivity index (χ3n) is 15.3. The molecule has 0 bridgehead atoms. The van der Waals surface area contributed by atoms with Crippen molar-refractivity contribution in [2.75, 3.05) is 9.80 Å². The largest absolute Gasteiger partial charge is 0.440 e. The lowest BCUT2D eigenvalue weighted by molar-refractivity contribution is 0.332. The number of hydrogen-bond donors (Lipinski definition) is 0. The number of rotatable bonds is 4. The van der Waals surface area contributed by atoms with Gasteiger partial charge in [0.15, 0.2) is 0 Å². The minimum atomic E-state index is -0.0913. The molecule has 0 N–H and O–H groups in total. The number of para-hydroxylation sites is 2. The Kier molecular flexibility index (Phi) is 8.69. The van der Waals surface area contributed by atoms with Crippen LogP contribution in [-0.4, -0.2) is 16.7 Å². The molecule has 5 nitrogen and oxygen atoms in total. The van der Waals surface area contributed by atoms with Crippen molar-refractivity contribution >= 4 is 78.4 Å². The van der Waals surface area contributed by atoms with Crippen molar-refractivity contribution in [2.24, 2.45) is 0 Å². The fraction of sp³-hybridized carbons (Fsp3) is 0.357. The predicted octanol–water partition coefficient (Wildman–Crippen LogP) is 13.6. The molecule has 11 rings (SSSR count). The first-order valence-electron chi connectivity index (χ1n) is 23.0. The summed E-state index contributed by atoms with van der Waals surface area (Å²) in [4.78, 5) is 16.2. The summed E-state index contributed by atoms with van der Waals surface area (Å²) in [6.07, 6.45) is 4.59. The highest BCUT2D eigenvalue weighted by Gasteiger charge is 2.47. The molecule has 4 heterocycles. The summed E-state index contributed by atoms with van der Waals surface area (Å²) in [5.74, 6) is 2.92. The van der Waals surface area contributed by atoms with E-state index in [1.807, 2.05) is 11.3 Å². The number of benzene rings is 5. The summed E-state index contributed by atoms with van der Waals surface area (Å²) < 4.78 is 9.59. The smallest absolute Gasteiger partial charge is 0.273 e. The molecule has 2 aliphatic heterocycles. The van der Waals surface area contributed by atoms with E-state index in [4.69, 9.17) is 14.7 Å². The summed E-state index contributed by atoms with van der Waals surface area (Å²) in [5, 5.41) is 1.24. The Morgan fingerprint density at radius 3 is 1.81 bits per heavy atom. The Bertz CT molecular complexity index is 2930. The molecule has 2 aliphatic carbocycles. The Morgan fingerprint density at radius 2 is 1.21 bits per heavy atom. The molecule has 0 fully saturated rings. The summed E-state index contributed by atoms with van der Waals surface area (Å²) in [6, 6.07) is 40.7. The molecule has 0 saturated heterocycles. The molecule has 7 aromatic rings. The lowest BCUT2D eigenvalue weighted by Gasteiger charge is -2.43. The number of ether oxygens (including phenoxy) is 1. The highest BCUT2D eigenvalue weighted by molar-refractivity contribution is 7.33. The molecule has 0 unspecified atom stereocenters. The van der Waals surface area contributed by atoms with Crippen molar-refractivity contribution in [3.05, 3.63) is 137 Å². The normalized spacial score (nSPS) is 18.4.